The molecule has 0 fully saturated rings. The Labute approximate surface area is 119 Å². The minimum atomic E-state index is -0.580. The molecule has 0 amide bonds. The average molecular weight is 295 g/mol. The number of nitro groups is 1. The number of benzene rings is 1. The first-order chi connectivity index (χ1) is 9.61. The quantitative estimate of drug-likeness (QED) is 0.673. The lowest BCUT2D eigenvalue weighted by molar-refractivity contribution is -0.385. The van der Waals surface area contributed by atoms with Crippen LogP contribution in [-0.2, 0) is 6.61 Å². The van der Waals surface area contributed by atoms with Gasteiger partial charge in [0.25, 0.3) is 5.88 Å². The number of halogens is 1. The van der Waals surface area contributed by atoms with Gasteiger partial charge in [-0.25, -0.2) is 4.98 Å². The molecule has 7 nitrogen and oxygen atoms in total. The molecule has 0 aliphatic rings. The van der Waals surface area contributed by atoms with E-state index >= 15 is 0 Å². The number of ether oxygens (including phenoxy) is 1. The van der Waals surface area contributed by atoms with E-state index in [0.29, 0.717) is 5.02 Å². The SMILES string of the molecule is CNc1ncnc(OCc2ccc(Cl)cc2)c1[N+](=O)[O-]. The molecule has 104 valence electrons. The number of hydrogen-bond acceptors (Lipinski definition) is 6. The van der Waals surface area contributed by atoms with E-state index in [-0.39, 0.29) is 24.0 Å². The molecule has 1 N–H and O–H groups in total. The monoisotopic (exact) mass is 294 g/mol. The predicted molar refractivity (Wildman–Crippen MR) is 74.0 cm³/mol. The maximum atomic E-state index is 11.0. The number of rotatable bonds is 5. The van der Waals surface area contributed by atoms with Crippen LogP contribution in [0.1, 0.15) is 5.56 Å². The van der Waals surface area contributed by atoms with E-state index in [9.17, 15) is 10.1 Å². The van der Waals surface area contributed by atoms with Crippen molar-refractivity contribution >= 4 is 23.1 Å². The third-order valence-electron chi connectivity index (χ3n) is 2.50. The van der Waals surface area contributed by atoms with E-state index < -0.39 is 4.92 Å². The highest BCUT2D eigenvalue weighted by atomic mass is 35.5. The summed E-state index contributed by atoms with van der Waals surface area (Å²) >= 11 is 5.78. The van der Waals surface area contributed by atoms with Crippen LogP contribution in [0.5, 0.6) is 5.88 Å². The average Bonchev–Trinajstić information content (AvgIpc) is 2.46. The molecular formula is C12H11ClN4O3. The van der Waals surface area contributed by atoms with Crippen LogP contribution in [-0.4, -0.2) is 21.9 Å². The zero-order valence-electron chi connectivity index (χ0n) is 10.5. The van der Waals surface area contributed by atoms with Crippen LogP contribution < -0.4 is 10.1 Å². The second-order valence-electron chi connectivity index (χ2n) is 3.80. The highest BCUT2D eigenvalue weighted by Gasteiger charge is 2.23. The predicted octanol–water partition coefficient (Wildman–Crippen LogP) is 2.66. The fourth-order valence-corrected chi connectivity index (χ4v) is 1.67. The normalized spacial score (nSPS) is 10.1. The molecule has 0 radical (unpaired) electrons. The molecule has 0 saturated heterocycles. The van der Waals surface area contributed by atoms with Crippen LogP contribution in [0.3, 0.4) is 0 Å². The maximum absolute atomic E-state index is 11.0. The van der Waals surface area contributed by atoms with Crippen molar-refractivity contribution in [3.63, 3.8) is 0 Å². The Balaban J connectivity index is 2.21. The Morgan fingerprint density at radius 3 is 2.65 bits per heavy atom. The van der Waals surface area contributed by atoms with Crippen molar-refractivity contribution in [2.24, 2.45) is 0 Å². The highest BCUT2D eigenvalue weighted by Crippen LogP contribution is 2.30. The lowest BCUT2D eigenvalue weighted by Crippen LogP contribution is -2.05. The van der Waals surface area contributed by atoms with E-state index in [4.69, 9.17) is 16.3 Å². The summed E-state index contributed by atoms with van der Waals surface area (Å²) in [4.78, 5) is 18.0. The zero-order valence-corrected chi connectivity index (χ0v) is 11.3. The van der Waals surface area contributed by atoms with Gasteiger partial charge in [-0.1, -0.05) is 23.7 Å². The first-order valence-corrected chi connectivity index (χ1v) is 6.04. The van der Waals surface area contributed by atoms with Crippen molar-refractivity contribution in [2.75, 3.05) is 12.4 Å². The van der Waals surface area contributed by atoms with E-state index in [2.05, 4.69) is 15.3 Å². The summed E-state index contributed by atoms with van der Waals surface area (Å²) in [6.07, 6.45) is 1.20. The van der Waals surface area contributed by atoms with E-state index in [1.165, 1.54) is 13.4 Å². The fourth-order valence-electron chi connectivity index (χ4n) is 1.55. The zero-order chi connectivity index (χ0) is 14.5. The Bertz CT molecular complexity index is 619. The number of aromatic nitrogens is 2. The molecule has 0 bridgehead atoms. The lowest BCUT2D eigenvalue weighted by Gasteiger charge is -2.07. The molecule has 2 aromatic rings. The smallest absolute Gasteiger partial charge is 0.372 e. The second-order valence-corrected chi connectivity index (χ2v) is 4.23. The van der Waals surface area contributed by atoms with Gasteiger partial charge in [0.05, 0.1) is 4.92 Å². The van der Waals surface area contributed by atoms with Gasteiger partial charge in [-0.3, -0.25) is 10.1 Å². The summed E-state index contributed by atoms with van der Waals surface area (Å²) in [7, 11) is 1.54. The van der Waals surface area contributed by atoms with Gasteiger partial charge >= 0.3 is 5.69 Å². The Kier molecular flexibility index (Phi) is 4.31. The largest absolute Gasteiger partial charge is 0.468 e. The Morgan fingerprint density at radius 1 is 1.35 bits per heavy atom. The summed E-state index contributed by atoms with van der Waals surface area (Å²) < 4.78 is 5.39. The van der Waals surface area contributed by atoms with Gasteiger partial charge in [0.1, 0.15) is 12.9 Å². The summed E-state index contributed by atoms with van der Waals surface area (Å²) in [6.45, 7) is 0.151. The van der Waals surface area contributed by atoms with Crippen molar-refractivity contribution in [3.05, 3.63) is 51.3 Å². The minimum absolute atomic E-state index is 0.0794. The van der Waals surface area contributed by atoms with Crippen molar-refractivity contribution in [1.82, 2.24) is 9.97 Å². The molecule has 2 rings (SSSR count). The van der Waals surface area contributed by atoms with Gasteiger partial charge in [-0.05, 0) is 17.7 Å². The first kappa shape index (κ1) is 14.0. The van der Waals surface area contributed by atoms with E-state index in [1.807, 2.05) is 0 Å². The van der Waals surface area contributed by atoms with Crippen LogP contribution in [0.15, 0.2) is 30.6 Å². The van der Waals surface area contributed by atoms with Gasteiger partial charge in [0.15, 0.2) is 0 Å². The van der Waals surface area contributed by atoms with Crippen molar-refractivity contribution in [2.45, 2.75) is 6.61 Å². The van der Waals surface area contributed by atoms with Crippen LogP contribution in [0.4, 0.5) is 11.5 Å². The molecule has 1 heterocycles. The third kappa shape index (κ3) is 3.12. The van der Waals surface area contributed by atoms with Crippen LogP contribution in [0, 0.1) is 10.1 Å². The maximum Gasteiger partial charge on any atom is 0.372 e. The first-order valence-electron chi connectivity index (χ1n) is 5.66. The van der Waals surface area contributed by atoms with Crippen molar-refractivity contribution in [3.8, 4) is 5.88 Å². The molecule has 8 heteroatoms. The van der Waals surface area contributed by atoms with Crippen molar-refractivity contribution in [1.29, 1.82) is 0 Å². The molecule has 1 aromatic heterocycles. The molecule has 1 aromatic carbocycles. The molecule has 0 aliphatic heterocycles. The highest BCUT2D eigenvalue weighted by molar-refractivity contribution is 6.30. The number of nitrogens with one attached hydrogen (secondary N) is 1. The van der Waals surface area contributed by atoms with E-state index in [1.54, 1.807) is 24.3 Å². The van der Waals surface area contributed by atoms with Gasteiger partial charge in [-0.15, -0.1) is 0 Å². The number of nitrogens with zero attached hydrogens (tertiary/aromatic N) is 3. The third-order valence-corrected chi connectivity index (χ3v) is 2.75. The lowest BCUT2D eigenvalue weighted by atomic mass is 10.2. The van der Waals surface area contributed by atoms with E-state index in [0.717, 1.165) is 5.56 Å². The van der Waals surface area contributed by atoms with Crippen LogP contribution in [0.25, 0.3) is 0 Å². The Hall–Kier alpha value is -2.41. The van der Waals surface area contributed by atoms with Gasteiger partial charge in [0.2, 0.25) is 5.82 Å². The molecule has 0 atom stereocenters. The summed E-state index contributed by atoms with van der Waals surface area (Å²) in [5.74, 6) is 0.0282. The summed E-state index contributed by atoms with van der Waals surface area (Å²) in [5.41, 5.74) is 0.539. The number of anilines is 1. The summed E-state index contributed by atoms with van der Waals surface area (Å²) in [5, 5.41) is 14.3. The topological polar surface area (TPSA) is 90.2 Å². The van der Waals surface area contributed by atoms with Gasteiger partial charge in [-0.2, -0.15) is 4.98 Å². The van der Waals surface area contributed by atoms with Gasteiger partial charge in [0, 0.05) is 12.1 Å². The molecule has 20 heavy (non-hydrogen) atoms. The summed E-state index contributed by atoms with van der Waals surface area (Å²) in [6, 6.07) is 6.98. The Morgan fingerprint density at radius 2 is 2.05 bits per heavy atom. The molecule has 0 unspecified atom stereocenters. The molecule has 0 saturated carbocycles. The van der Waals surface area contributed by atoms with Crippen LogP contribution in [0.2, 0.25) is 5.02 Å². The molecule has 0 aliphatic carbocycles. The second kappa shape index (κ2) is 6.16. The molecular weight excluding hydrogens is 284 g/mol. The number of hydrogen-bond donors (Lipinski definition) is 1. The fraction of sp³-hybridized carbons (Fsp3) is 0.167. The standard InChI is InChI=1S/C12H11ClN4O3/c1-14-11-10(17(18)19)12(16-7-15-11)20-6-8-2-4-9(13)5-3-8/h2-5,7H,6H2,1H3,(H,14,15,16). The van der Waals surface area contributed by atoms with Crippen LogP contribution >= 0.6 is 11.6 Å². The van der Waals surface area contributed by atoms with Gasteiger partial charge < -0.3 is 10.1 Å². The minimum Gasteiger partial charge on any atom is -0.468 e. The van der Waals surface area contributed by atoms with Crippen molar-refractivity contribution < 1.29 is 9.66 Å². The molecule has 0 spiro atoms.